The standard InChI is InChI=1S/C16H22O4/c1-4-19-16(18)14-7-5-6-13-12(14)9-8-10(2)15(13)20-11(3)17/h6,9-10,14-15H,4-5,7-8H2,1-3H3. The van der Waals surface area contributed by atoms with E-state index in [4.69, 9.17) is 9.47 Å². The van der Waals surface area contributed by atoms with Crippen molar-refractivity contribution in [2.24, 2.45) is 11.8 Å². The quantitative estimate of drug-likeness (QED) is 0.745. The van der Waals surface area contributed by atoms with Gasteiger partial charge >= 0.3 is 11.9 Å². The molecule has 0 aromatic heterocycles. The van der Waals surface area contributed by atoms with Crippen molar-refractivity contribution in [2.45, 2.75) is 46.1 Å². The molecule has 4 nitrogen and oxygen atoms in total. The van der Waals surface area contributed by atoms with E-state index in [2.05, 4.69) is 19.1 Å². The molecule has 110 valence electrons. The van der Waals surface area contributed by atoms with Gasteiger partial charge in [0, 0.05) is 12.8 Å². The minimum absolute atomic E-state index is 0.166. The van der Waals surface area contributed by atoms with E-state index in [1.807, 2.05) is 6.92 Å². The van der Waals surface area contributed by atoms with Crippen LogP contribution in [0.4, 0.5) is 0 Å². The molecule has 3 unspecified atom stereocenters. The summed E-state index contributed by atoms with van der Waals surface area (Å²) in [5.41, 5.74) is 2.00. The van der Waals surface area contributed by atoms with E-state index >= 15 is 0 Å². The monoisotopic (exact) mass is 278 g/mol. The maximum Gasteiger partial charge on any atom is 0.313 e. The number of ether oxygens (including phenoxy) is 2. The molecule has 0 fully saturated rings. The van der Waals surface area contributed by atoms with Crippen molar-refractivity contribution < 1.29 is 19.1 Å². The number of carbonyl (C=O) groups excluding carboxylic acids is 2. The Labute approximate surface area is 119 Å². The van der Waals surface area contributed by atoms with E-state index in [1.165, 1.54) is 6.92 Å². The van der Waals surface area contributed by atoms with Crippen molar-refractivity contribution in [3.05, 3.63) is 23.3 Å². The SMILES string of the molecule is CCOC(=O)C1CCC=C2C1=CCC(C)C2OC(C)=O. The summed E-state index contributed by atoms with van der Waals surface area (Å²) < 4.78 is 10.6. The fourth-order valence-electron chi connectivity index (χ4n) is 3.01. The molecule has 20 heavy (non-hydrogen) atoms. The maximum absolute atomic E-state index is 12.1. The van der Waals surface area contributed by atoms with Gasteiger partial charge in [0.2, 0.25) is 0 Å². The molecule has 3 atom stereocenters. The maximum atomic E-state index is 12.1. The van der Waals surface area contributed by atoms with Crippen molar-refractivity contribution >= 4 is 11.9 Å². The third kappa shape index (κ3) is 2.94. The van der Waals surface area contributed by atoms with Gasteiger partial charge in [0.1, 0.15) is 6.10 Å². The molecular weight excluding hydrogens is 256 g/mol. The Morgan fingerprint density at radius 2 is 2.05 bits per heavy atom. The molecule has 0 bridgehead atoms. The molecule has 0 aromatic carbocycles. The normalized spacial score (nSPS) is 28.9. The first kappa shape index (κ1) is 14.8. The van der Waals surface area contributed by atoms with E-state index in [0.29, 0.717) is 6.61 Å². The van der Waals surface area contributed by atoms with E-state index in [-0.39, 0.29) is 29.9 Å². The van der Waals surface area contributed by atoms with Gasteiger partial charge in [-0.1, -0.05) is 19.1 Å². The van der Waals surface area contributed by atoms with Crippen LogP contribution in [0.25, 0.3) is 0 Å². The highest BCUT2D eigenvalue weighted by Gasteiger charge is 2.37. The van der Waals surface area contributed by atoms with E-state index < -0.39 is 0 Å². The second-order valence-electron chi connectivity index (χ2n) is 5.44. The second-order valence-corrected chi connectivity index (χ2v) is 5.44. The third-order valence-electron chi connectivity index (χ3n) is 3.93. The van der Waals surface area contributed by atoms with Crippen LogP contribution in [0, 0.1) is 11.8 Å². The van der Waals surface area contributed by atoms with Gasteiger partial charge in [0.25, 0.3) is 0 Å². The first-order valence-corrected chi connectivity index (χ1v) is 7.29. The predicted octanol–water partition coefficient (Wildman–Crippen LogP) is 2.78. The molecular formula is C16H22O4. The lowest BCUT2D eigenvalue weighted by Gasteiger charge is -2.36. The van der Waals surface area contributed by atoms with Crippen LogP contribution in [-0.2, 0) is 19.1 Å². The zero-order valence-corrected chi connectivity index (χ0v) is 12.3. The van der Waals surface area contributed by atoms with Crippen molar-refractivity contribution in [3.63, 3.8) is 0 Å². The smallest absolute Gasteiger partial charge is 0.313 e. The third-order valence-corrected chi connectivity index (χ3v) is 3.93. The summed E-state index contributed by atoms with van der Waals surface area (Å²) in [5.74, 6) is -0.405. The largest absolute Gasteiger partial charge is 0.466 e. The summed E-state index contributed by atoms with van der Waals surface area (Å²) in [7, 11) is 0. The highest BCUT2D eigenvalue weighted by Crippen LogP contribution is 2.40. The van der Waals surface area contributed by atoms with E-state index in [0.717, 1.165) is 30.4 Å². The molecule has 0 spiro atoms. The average Bonchev–Trinajstić information content (AvgIpc) is 2.41. The Balaban J connectivity index is 2.25. The van der Waals surface area contributed by atoms with Crippen molar-refractivity contribution in [3.8, 4) is 0 Å². The molecule has 2 rings (SSSR count). The number of carbonyl (C=O) groups is 2. The highest BCUT2D eigenvalue weighted by atomic mass is 16.5. The topological polar surface area (TPSA) is 52.6 Å². The zero-order valence-electron chi connectivity index (χ0n) is 12.3. The van der Waals surface area contributed by atoms with Gasteiger partial charge in [-0.3, -0.25) is 9.59 Å². The lowest BCUT2D eigenvalue weighted by Crippen LogP contribution is -2.35. The van der Waals surface area contributed by atoms with Crippen LogP contribution in [0.5, 0.6) is 0 Å². The first-order valence-electron chi connectivity index (χ1n) is 7.29. The molecule has 2 aliphatic rings. The predicted molar refractivity (Wildman–Crippen MR) is 74.9 cm³/mol. The van der Waals surface area contributed by atoms with Gasteiger partial charge in [-0.2, -0.15) is 0 Å². The number of esters is 2. The molecule has 0 heterocycles. The highest BCUT2D eigenvalue weighted by molar-refractivity contribution is 5.78. The van der Waals surface area contributed by atoms with Crippen LogP contribution in [0.15, 0.2) is 23.3 Å². The first-order chi connectivity index (χ1) is 9.54. The molecule has 0 saturated heterocycles. The van der Waals surface area contributed by atoms with Crippen molar-refractivity contribution in [1.29, 1.82) is 0 Å². The van der Waals surface area contributed by atoms with Gasteiger partial charge in [-0.15, -0.1) is 0 Å². The second kappa shape index (κ2) is 6.25. The minimum atomic E-state index is -0.276. The summed E-state index contributed by atoms with van der Waals surface area (Å²) in [5, 5.41) is 0. The van der Waals surface area contributed by atoms with Gasteiger partial charge in [0.05, 0.1) is 12.5 Å². The van der Waals surface area contributed by atoms with Gasteiger partial charge < -0.3 is 9.47 Å². The number of rotatable bonds is 3. The molecule has 4 heteroatoms. The Kier molecular flexibility index (Phi) is 4.63. The van der Waals surface area contributed by atoms with Gasteiger partial charge in [-0.25, -0.2) is 0 Å². The van der Waals surface area contributed by atoms with E-state index in [9.17, 15) is 9.59 Å². The summed E-state index contributed by atoms with van der Waals surface area (Å²) >= 11 is 0. The van der Waals surface area contributed by atoms with Crippen LogP contribution >= 0.6 is 0 Å². The number of hydrogen-bond acceptors (Lipinski definition) is 4. The zero-order chi connectivity index (χ0) is 14.7. The fraction of sp³-hybridized carbons (Fsp3) is 0.625. The number of allylic oxidation sites excluding steroid dienone is 2. The molecule has 0 N–H and O–H groups in total. The Morgan fingerprint density at radius 1 is 1.30 bits per heavy atom. The van der Waals surface area contributed by atoms with Crippen LogP contribution in [0.2, 0.25) is 0 Å². The molecule has 0 aromatic rings. The Hall–Kier alpha value is -1.58. The molecule has 0 aliphatic heterocycles. The molecule has 0 saturated carbocycles. The van der Waals surface area contributed by atoms with Gasteiger partial charge in [0.15, 0.2) is 0 Å². The van der Waals surface area contributed by atoms with Crippen molar-refractivity contribution in [2.75, 3.05) is 6.61 Å². The minimum Gasteiger partial charge on any atom is -0.466 e. The summed E-state index contributed by atoms with van der Waals surface area (Å²) in [6.07, 6.45) is 6.39. The number of fused-ring (bicyclic) bond motifs is 1. The van der Waals surface area contributed by atoms with Crippen LogP contribution in [0.3, 0.4) is 0 Å². The van der Waals surface area contributed by atoms with Crippen molar-refractivity contribution in [1.82, 2.24) is 0 Å². The molecule has 2 aliphatic carbocycles. The van der Waals surface area contributed by atoms with Crippen LogP contribution in [-0.4, -0.2) is 24.6 Å². The molecule has 0 radical (unpaired) electrons. The van der Waals surface area contributed by atoms with Crippen LogP contribution < -0.4 is 0 Å². The Bertz CT molecular complexity index is 461. The average molecular weight is 278 g/mol. The molecule has 0 amide bonds. The van der Waals surface area contributed by atoms with Gasteiger partial charge in [-0.05, 0) is 37.3 Å². The fourth-order valence-corrected chi connectivity index (χ4v) is 3.01. The lowest BCUT2D eigenvalue weighted by atomic mass is 9.74. The number of hydrogen-bond donors (Lipinski definition) is 0. The van der Waals surface area contributed by atoms with Crippen LogP contribution in [0.1, 0.15) is 40.0 Å². The van der Waals surface area contributed by atoms with E-state index in [1.54, 1.807) is 0 Å². The lowest BCUT2D eigenvalue weighted by molar-refractivity contribution is -0.147. The Morgan fingerprint density at radius 3 is 2.70 bits per heavy atom. The summed E-state index contributed by atoms with van der Waals surface area (Å²) in [6.45, 7) is 5.70. The summed E-state index contributed by atoms with van der Waals surface area (Å²) in [4.78, 5) is 23.4. The summed E-state index contributed by atoms with van der Waals surface area (Å²) in [6, 6.07) is 0.